The Labute approximate surface area is 163 Å². The van der Waals surface area contributed by atoms with Crippen molar-refractivity contribution in [3.05, 3.63) is 59.1 Å². The highest BCUT2D eigenvalue weighted by Gasteiger charge is 2.24. The molecule has 0 aliphatic carbocycles. The number of amides is 1. The molecule has 0 radical (unpaired) electrons. The molecule has 1 heterocycles. The van der Waals surface area contributed by atoms with E-state index in [1.165, 1.54) is 17.5 Å². The first-order chi connectivity index (χ1) is 13.1. The van der Waals surface area contributed by atoms with E-state index in [1.807, 2.05) is 30.3 Å². The molecule has 2 aromatic rings. The van der Waals surface area contributed by atoms with Gasteiger partial charge in [-0.25, -0.2) is 0 Å². The number of nitrogens with two attached hydrogens (primary N) is 1. The SMILES string of the molecule is C=N/C=C\C(=C/C)C(=O)N[C@@H](CCCCN)C(=O)c1cc2ccccc2s1. The Morgan fingerprint density at radius 1 is 1.33 bits per heavy atom. The lowest BCUT2D eigenvalue weighted by Crippen LogP contribution is -2.41. The Morgan fingerprint density at radius 3 is 2.78 bits per heavy atom. The summed E-state index contributed by atoms with van der Waals surface area (Å²) in [5.41, 5.74) is 6.01. The van der Waals surface area contributed by atoms with Crippen molar-refractivity contribution in [1.29, 1.82) is 0 Å². The van der Waals surface area contributed by atoms with E-state index in [0.29, 0.717) is 23.4 Å². The summed E-state index contributed by atoms with van der Waals surface area (Å²) < 4.78 is 1.06. The van der Waals surface area contributed by atoms with Gasteiger partial charge >= 0.3 is 0 Å². The van der Waals surface area contributed by atoms with Crippen LogP contribution < -0.4 is 11.1 Å². The van der Waals surface area contributed by atoms with Crippen molar-refractivity contribution in [3.63, 3.8) is 0 Å². The Bertz CT molecular complexity index is 834. The number of carbonyl (C=O) groups is 2. The maximum atomic E-state index is 13.1. The molecular weight excluding hydrogens is 358 g/mol. The van der Waals surface area contributed by atoms with E-state index in [1.54, 1.807) is 19.1 Å². The Morgan fingerprint density at radius 2 is 2.11 bits per heavy atom. The predicted molar refractivity (Wildman–Crippen MR) is 113 cm³/mol. The predicted octanol–water partition coefficient (Wildman–Crippen LogP) is 3.86. The maximum absolute atomic E-state index is 13.1. The number of fused-ring (bicyclic) bond motifs is 1. The van der Waals surface area contributed by atoms with Crippen LogP contribution in [0.2, 0.25) is 0 Å². The van der Waals surface area contributed by atoms with E-state index in [0.717, 1.165) is 22.9 Å². The number of aliphatic imine (C=N–C) groups is 1. The first kappa shape index (κ1) is 20.7. The van der Waals surface area contributed by atoms with Crippen LogP contribution in [0.1, 0.15) is 35.9 Å². The number of unbranched alkanes of at least 4 members (excludes halogenated alkanes) is 1. The number of thiophene rings is 1. The minimum absolute atomic E-state index is 0.0668. The molecule has 3 N–H and O–H groups in total. The molecule has 1 aromatic heterocycles. The minimum Gasteiger partial charge on any atom is -0.342 e. The highest BCUT2D eigenvalue weighted by atomic mass is 32.1. The molecule has 5 nitrogen and oxygen atoms in total. The summed E-state index contributed by atoms with van der Waals surface area (Å²) in [5.74, 6) is -0.368. The number of Topliss-reactive ketones (excluding diaryl/α,β-unsaturated/α-hetero) is 1. The topological polar surface area (TPSA) is 84.6 Å². The third kappa shape index (κ3) is 5.70. The lowest BCUT2D eigenvalue weighted by molar-refractivity contribution is -0.117. The normalized spacial score (nSPS) is 13.0. The summed E-state index contributed by atoms with van der Waals surface area (Å²) in [6, 6.07) is 9.17. The number of hydrogen-bond donors (Lipinski definition) is 2. The summed E-state index contributed by atoms with van der Waals surface area (Å²) >= 11 is 1.45. The van der Waals surface area contributed by atoms with Crippen LogP contribution >= 0.6 is 11.3 Å². The van der Waals surface area contributed by atoms with E-state index in [-0.39, 0.29) is 11.7 Å². The fourth-order valence-corrected chi connectivity index (χ4v) is 3.77. The first-order valence-corrected chi connectivity index (χ1v) is 9.74. The summed E-state index contributed by atoms with van der Waals surface area (Å²) in [7, 11) is 0. The molecule has 1 aromatic carbocycles. The Kier molecular flexibility index (Phi) is 8.10. The third-order valence-corrected chi connectivity index (χ3v) is 5.30. The summed E-state index contributed by atoms with van der Waals surface area (Å²) in [4.78, 5) is 29.9. The molecule has 0 fully saturated rings. The van der Waals surface area contributed by atoms with Crippen LogP contribution in [0.4, 0.5) is 0 Å². The molecule has 0 spiro atoms. The van der Waals surface area contributed by atoms with Crippen molar-refractivity contribution in [2.45, 2.75) is 32.2 Å². The lowest BCUT2D eigenvalue weighted by Gasteiger charge is -2.17. The average Bonchev–Trinajstić information content (AvgIpc) is 3.11. The van der Waals surface area contributed by atoms with Crippen LogP contribution in [0.15, 0.2) is 59.2 Å². The van der Waals surface area contributed by atoms with Crippen molar-refractivity contribution in [3.8, 4) is 0 Å². The van der Waals surface area contributed by atoms with Crippen LogP contribution in [-0.4, -0.2) is 31.0 Å². The van der Waals surface area contributed by atoms with E-state index in [4.69, 9.17) is 5.73 Å². The number of nitrogens with zero attached hydrogens (tertiary/aromatic N) is 1. The van der Waals surface area contributed by atoms with Gasteiger partial charge in [0.25, 0.3) is 5.91 Å². The number of allylic oxidation sites excluding steroid dienone is 1. The fourth-order valence-electron chi connectivity index (χ4n) is 2.71. The number of carbonyl (C=O) groups excluding carboxylic acids is 2. The largest absolute Gasteiger partial charge is 0.342 e. The van der Waals surface area contributed by atoms with Gasteiger partial charge in [-0.15, -0.1) is 11.3 Å². The Balaban J connectivity index is 2.21. The molecule has 0 saturated heterocycles. The van der Waals surface area contributed by atoms with Gasteiger partial charge in [0, 0.05) is 16.5 Å². The van der Waals surface area contributed by atoms with Crippen LogP contribution in [-0.2, 0) is 4.79 Å². The second-order valence-corrected chi connectivity index (χ2v) is 7.15. The molecule has 1 amide bonds. The average molecular weight is 384 g/mol. The zero-order valence-corrected chi connectivity index (χ0v) is 16.3. The fraction of sp³-hybridized carbons (Fsp3) is 0.286. The molecule has 27 heavy (non-hydrogen) atoms. The highest BCUT2D eigenvalue weighted by Crippen LogP contribution is 2.27. The number of benzene rings is 1. The van der Waals surface area contributed by atoms with Crippen molar-refractivity contribution in [2.24, 2.45) is 10.7 Å². The van der Waals surface area contributed by atoms with Crippen molar-refractivity contribution >= 4 is 39.8 Å². The van der Waals surface area contributed by atoms with Crippen LogP contribution in [0.3, 0.4) is 0 Å². The molecule has 0 aliphatic rings. The Hall–Kier alpha value is -2.57. The van der Waals surface area contributed by atoms with Gasteiger partial charge in [0.15, 0.2) is 5.78 Å². The number of rotatable bonds is 10. The number of ketones is 1. The highest BCUT2D eigenvalue weighted by molar-refractivity contribution is 7.20. The van der Waals surface area contributed by atoms with Gasteiger partial charge in [0.1, 0.15) is 0 Å². The quantitative estimate of drug-likeness (QED) is 0.215. The zero-order valence-electron chi connectivity index (χ0n) is 15.5. The summed E-state index contributed by atoms with van der Waals surface area (Å²) in [6.45, 7) is 5.69. The molecule has 1 atom stereocenters. The van der Waals surface area contributed by atoms with Crippen LogP contribution in [0.25, 0.3) is 10.1 Å². The maximum Gasteiger partial charge on any atom is 0.251 e. The van der Waals surface area contributed by atoms with E-state index >= 15 is 0 Å². The second-order valence-electron chi connectivity index (χ2n) is 6.07. The van der Waals surface area contributed by atoms with Crippen molar-refractivity contribution in [2.75, 3.05) is 6.54 Å². The minimum atomic E-state index is -0.586. The molecule has 0 saturated carbocycles. The third-order valence-electron chi connectivity index (χ3n) is 4.17. The van der Waals surface area contributed by atoms with Gasteiger partial charge in [0.2, 0.25) is 0 Å². The molecule has 6 heteroatoms. The van der Waals surface area contributed by atoms with Gasteiger partial charge in [-0.2, -0.15) is 0 Å². The second kappa shape index (κ2) is 10.5. The molecule has 2 rings (SSSR count). The number of nitrogens with one attached hydrogen (secondary N) is 1. The van der Waals surface area contributed by atoms with E-state index in [2.05, 4.69) is 17.0 Å². The van der Waals surface area contributed by atoms with Gasteiger partial charge in [-0.3, -0.25) is 14.6 Å². The number of hydrogen-bond acceptors (Lipinski definition) is 5. The lowest BCUT2D eigenvalue weighted by atomic mass is 10.0. The van der Waals surface area contributed by atoms with Gasteiger partial charge in [-0.1, -0.05) is 24.3 Å². The molecule has 0 unspecified atom stereocenters. The van der Waals surface area contributed by atoms with Gasteiger partial charge in [-0.05, 0) is 63.0 Å². The van der Waals surface area contributed by atoms with Crippen molar-refractivity contribution < 1.29 is 9.59 Å². The monoisotopic (exact) mass is 383 g/mol. The van der Waals surface area contributed by atoms with Gasteiger partial charge in [0.05, 0.1) is 10.9 Å². The summed E-state index contributed by atoms with van der Waals surface area (Å²) in [6.07, 6.45) is 6.83. The molecule has 0 aliphatic heterocycles. The first-order valence-electron chi connectivity index (χ1n) is 8.93. The van der Waals surface area contributed by atoms with Gasteiger partial charge < -0.3 is 11.1 Å². The standard InChI is InChI=1S/C21H25N3O2S/c1-3-15(11-13-23-2)21(26)24-17(9-6-7-12-22)20(25)19-14-16-8-4-5-10-18(16)27-19/h3-5,8,10-11,13-14,17H,2,6-7,9,12,22H2,1H3,(H,24,26)/b13-11-,15-3+/t17-/m0/s1. The molecule has 0 bridgehead atoms. The van der Waals surface area contributed by atoms with Crippen LogP contribution in [0.5, 0.6) is 0 Å². The molecular formula is C21H25N3O2S. The zero-order chi connectivity index (χ0) is 19.6. The van der Waals surface area contributed by atoms with E-state index in [9.17, 15) is 9.59 Å². The van der Waals surface area contributed by atoms with Crippen molar-refractivity contribution in [1.82, 2.24) is 5.32 Å². The van der Waals surface area contributed by atoms with E-state index < -0.39 is 6.04 Å². The summed E-state index contributed by atoms with van der Waals surface area (Å²) in [5, 5.41) is 3.91. The van der Waals surface area contributed by atoms with Crippen LogP contribution in [0, 0.1) is 0 Å². The molecule has 142 valence electrons. The smallest absolute Gasteiger partial charge is 0.251 e.